The summed E-state index contributed by atoms with van der Waals surface area (Å²) in [4.78, 5) is 0. The van der Waals surface area contributed by atoms with Crippen LogP contribution in [-0.4, -0.2) is 10.7 Å². The Morgan fingerprint density at radius 3 is 2.04 bits per heavy atom. The lowest BCUT2D eigenvalue weighted by Crippen LogP contribution is -2.56. The van der Waals surface area contributed by atoms with Crippen molar-refractivity contribution in [2.24, 2.45) is 17.3 Å². The Kier molecular flexibility index (Phi) is 3.19. The van der Waals surface area contributed by atoms with Crippen LogP contribution in [0.4, 0.5) is 0 Å². The number of hydrogen-bond donors (Lipinski definition) is 1. The minimum absolute atomic E-state index is 0.339. The van der Waals surface area contributed by atoms with Gasteiger partial charge in [-0.2, -0.15) is 0 Å². The van der Waals surface area contributed by atoms with Crippen molar-refractivity contribution in [2.45, 2.75) is 50.5 Å². The SMILES string of the molecule is OC12CC3CC(C1)CC(Cc1ccc(-c4ccccc4)cc1)(C3)C2. The molecule has 0 aromatic heterocycles. The number of hydrogen-bond acceptors (Lipinski definition) is 1. The number of rotatable bonds is 3. The molecule has 1 nitrogen and oxygen atoms in total. The normalized spacial score (nSPS) is 36.9. The van der Waals surface area contributed by atoms with E-state index in [-0.39, 0.29) is 5.60 Å². The minimum atomic E-state index is -0.339. The fourth-order valence-electron chi connectivity index (χ4n) is 6.49. The molecule has 0 radical (unpaired) electrons. The summed E-state index contributed by atoms with van der Waals surface area (Å²) in [5.41, 5.74) is 4.05. The molecule has 2 unspecified atom stereocenters. The molecule has 4 aliphatic carbocycles. The Balaban J connectivity index is 1.38. The Morgan fingerprint density at radius 2 is 1.42 bits per heavy atom. The van der Waals surface area contributed by atoms with Gasteiger partial charge in [0.15, 0.2) is 0 Å². The monoisotopic (exact) mass is 318 g/mol. The highest BCUT2D eigenvalue weighted by molar-refractivity contribution is 5.63. The molecule has 0 spiro atoms. The van der Waals surface area contributed by atoms with Gasteiger partial charge in [-0.05, 0) is 78.9 Å². The maximum atomic E-state index is 10.9. The summed E-state index contributed by atoms with van der Waals surface area (Å²) in [6, 6.07) is 19.7. The van der Waals surface area contributed by atoms with E-state index in [0.717, 1.165) is 37.5 Å². The second-order valence-corrected chi connectivity index (χ2v) is 8.93. The van der Waals surface area contributed by atoms with Crippen molar-refractivity contribution in [1.29, 1.82) is 0 Å². The quantitative estimate of drug-likeness (QED) is 0.822. The Labute approximate surface area is 144 Å². The molecular formula is C23H26O. The van der Waals surface area contributed by atoms with Crippen molar-refractivity contribution >= 4 is 0 Å². The molecule has 1 heteroatoms. The highest BCUT2D eigenvalue weighted by Gasteiger charge is 2.56. The van der Waals surface area contributed by atoms with Gasteiger partial charge in [-0.25, -0.2) is 0 Å². The molecule has 4 fully saturated rings. The van der Waals surface area contributed by atoms with E-state index >= 15 is 0 Å². The molecule has 4 aliphatic rings. The van der Waals surface area contributed by atoms with Gasteiger partial charge < -0.3 is 5.11 Å². The maximum absolute atomic E-state index is 10.9. The van der Waals surface area contributed by atoms with Crippen LogP contribution in [0.3, 0.4) is 0 Å². The van der Waals surface area contributed by atoms with Gasteiger partial charge >= 0.3 is 0 Å². The number of benzene rings is 2. The van der Waals surface area contributed by atoms with E-state index in [4.69, 9.17) is 0 Å². The van der Waals surface area contributed by atoms with Crippen molar-refractivity contribution in [1.82, 2.24) is 0 Å². The first-order valence-corrected chi connectivity index (χ1v) is 9.48. The second-order valence-electron chi connectivity index (χ2n) is 8.93. The van der Waals surface area contributed by atoms with E-state index < -0.39 is 0 Å². The van der Waals surface area contributed by atoms with Gasteiger partial charge in [-0.15, -0.1) is 0 Å². The third-order valence-electron chi connectivity index (χ3n) is 6.79. The maximum Gasteiger partial charge on any atom is 0.0658 e. The summed E-state index contributed by atoms with van der Waals surface area (Å²) in [6.07, 6.45) is 8.37. The van der Waals surface area contributed by atoms with E-state index in [9.17, 15) is 5.11 Å². The average Bonchev–Trinajstić information content (AvgIpc) is 2.53. The Morgan fingerprint density at radius 1 is 0.792 bits per heavy atom. The Hall–Kier alpha value is -1.60. The van der Waals surface area contributed by atoms with Gasteiger partial charge in [0.2, 0.25) is 0 Å². The highest BCUT2D eigenvalue weighted by atomic mass is 16.3. The molecule has 4 saturated carbocycles. The van der Waals surface area contributed by atoms with E-state index in [0.29, 0.717) is 5.41 Å². The largest absolute Gasteiger partial charge is 0.390 e. The highest BCUT2D eigenvalue weighted by Crippen LogP contribution is 2.62. The van der Waals surface area contributed by atoms with Gasteiger partial charge in [0.25, 0.3) is 0 Å². The van der Waals surface area contributed by atoms with Crippen LogP contribution in [0.25, 0.3) is 11.1 Å². The van der Waals surface area contributed by atoms with Crippen molar-refractivity contribution in [3.05, 3.63) is 60.2 Å². The molecule has 24 heavy (non-hydrogen) atoms. The fourth-order valence-corrected chi connectivity index (χ4v) is 6.49. The molecule has 6 rings (SSSR count). The lowest BCUT2D eigenvalue weighted by Gasteiger charge is -2.60. The van der Waals surface area contributed by atoms with Crippen LogP contribution in [0.5, 0.6) is 0 Å². The first kappa shape index (κ1) is 14.7. The predicted octanol–water partition coefficient (Wildman–Crippen LogP) is 5.23. The van der Waals surface area contributed by atoms with Crippen LogP contribution in [0.1, 0.15) is 44.1 Å². The lowest BCUT2D eigenvalue weighted by molar-refractivity contribution is -0.163. The van der Waals surface area contributed by atoms with Crippen LogP contribution < -0.4 is 0 Å². The first-order valence-electron chi connectivity index (χ1n) is 9.48. The molecular weight excluding hydrogens is 292 g/mol. The molecule has 2 aromatic rings. The Bertz CT molecular complexity index is 716. The van der Waals surface area contributed by atoms with Gasteiger partial charge in [0, 0.05) is 0 Å². The fraction of sp³-hybridized carbons (Fsp3) is 0.478. The van der Waals surface area contributed by atoms with E-state index in [1.807, 2.05) is 0 Å². The zero-order valence-electron chi connectivity index (χ0n) is 14.2. The summed E-state index contributed by atoms with van der Waals surface area (Å²) >= 11 is 0. The summed E-state index contributed by atoms with van der Waals surface area (Å²) < 4.78 is 0. The lowest BCUT2D eigenvalue weighted by atomic mass is 9.47. The van der Waals surface area contributed by atoms with Gasteiger partial charge in [-0.3, -0.25) is 0 Å². The zero-order valence-corrected chi connectivity index (χ0v) is 14.2. The molecule has 2 aromatic carbocycles. The van der Waals surface area contributed by atoms with Crippen molar-refractivity contribution < 1.29 is 5.11 Å². The summed E-state index contributed by atoms with van der Waals surface area (Å²) in [6.45, 7) is 0. The van der Waals surface area contributed by atoms with E-state index in [2.05, 4.69) is 54.6 Å². The summed E-state index contributed by atoms with van der Waals surface area (Å²) in [7, 11) is 0. The zero-order chi connectivity index (χ0) is 16.2. The van der Waals surface area contributed by atoms with Gasteiger partial charge in [-0.1, -0.05) is 54.6 Å². The van der Waals surface area contributed by atoms with Crippen molar-refractivity contribution in [2.75, 3.05) is 0 Å². The summed E-state index contributed by atoms with van der Waals surface area (Å²) in [5.74, 6) is 1.56. The standard InChI is InChI=1S/C23H26O/c24-23-14-18-10-19(15-23)13-22(12-18,16-23)11-17-6-8-21(9-7-17)20-4-2-1-3-5-20/h1-9,18-19,24H,10-16H2. The van der Waals surface area contributed by atoms with Gasteiger partial charge in [0.1, 0.15) is 0 Å². The van der Waals surface area contributed by atoms with Crippen LogP contribution in [0.15, 0.2) is 54.6 Å². The molecule has 0 amide bonds. The molecule has 0 aliphatic heterocycles. The number of aliphatic hydroxyl groups is 1. The average molecular weight is 318 g/mol. The molecule has 4 bridgehead atoms. The minimum Gasteiger partial charge on any atom is -0.390 e. The molecule has 0 heterocycles. The third kappa shape index (κ3) is 2.50. The van der Waals surface area contributed by atoms with Crippen molar-refractivity contribution in [3.63, 3.8) is 0 Å². The topological polar surface area (TPSA) is 20.2 Å². The molecule has 2 atom stereocenters. The second kappa shape index (κ2) is 5.20. The third-order valence-corrected chi connectivity index (χ3v) is 6.79. The smallest absolute Gasteiger partial charge is 0.0658 e. The molecule has 124 valence electrons. The van der Waals surface area contributed by atoms with Crippen LogP contribution in [0, 0.1) is 17.3 Å². The molecule has 1 N–H and O–H groups in total. The molecule has 0 saturated heterocycles. The van der Waals surface area contributed by atoms with E-state index in [1.165, 1.54) is 36.0 Å². The van der Waals surface area contributed by atoms with Gasteiger partial charge in [0.05, 0.1) is 5.60 Å². The van der Waals surface area contributed by atoms with E-state index in [1.54, 1.807) is 0 Å². The predicted molar refractivity (Wildman–Crippen MR) is 97.6 cm³/mol. The van der Waals surface area contributed by atoms with Crippen LogP contribution in [0.2, 0.25) is 0 Å². The van der Waals surface area contributed by atoms with Crippen LogP contribution >= 0.6 is 0 Å². The van der Waals surface area contributed by atoms with Crippen LogP contribution in [-0.2, 0) is 6.42 Å². The first-order chi connectivity index (χ1) is 11.6. The summed E-state index contributed by atoms with van der Waals surface area (Å²) in [5, 5.41) is 10.9. The van der Waals surface area contributed by atoms with Crippen molar-refractivity contribution in [3.8, 4) is 11.1 Å².